The normalized spacial score (nSPS) is 11.6. The second kappa shape index (κ2) is 6.77. The number of rotatable bonds is 5. The van der Waals surface area contributed by atoms with Crippen LogP contribution in [0.3, 0.4) is 0 Å². The van der Waals surface area contributed by atoms with Gasteiger partial charge in [-0.15, -0.1) is 0 Å². The Labute approximate surface area is 123 Å². The van der Waals surface area contributed by atoms with Gasteiger partial charge in [0, 0.05) is 18.9 Å². The molecule has 0 bridgehead atoms. The lowest BCUT2D eigenvalue weighted by atomic mass is 9.98. The number of nitrogens with two attached hydrogens (primary N) is 1. The zero-order chi connectivity index (χ0) is 14.4. The molecule has 0 radical (unpaired) electrons. The Morgan fingerprint density at radius 2 is 1.85 bits per heavy atom. The largest absolute Gasteiger partial charge is 0.392 e. The number of amides is 1. The molecule has 1 amide bonds. The molecule has 3 N–H and O–H groups in total. The van der Waals surface area contributed by atoms with Crippen LogP contribution in [0, 0.1) is 0 Å². The van der Waals surface area contributed by atoms with Gasteiger partial charge in [0.1, 0.15) is 5.92 Å². The lowest BCUT2D eigenvalue weighted by molar-refractivity contribution is -0.121. The van der Waals surface area contributed by atoms with Crippen molar-refractivity contribution in [2.75, 3.05) is 0 Å². The summed E-state index contributed by atoms with van der Waals surface area (Å²) in [5.41, 5.74) is 7.47. The fourth-order valence-corrected chi connectivity index (χ4v) is 2.13. The van der Waals surface area contributed by atoms with E-state index in [1.54, 1.807) is 12.4 Å². The van der Waals surface area contributed by atoms with Crippen molar-refractivity contribution in [2.45, 2.75) is 12.5 Å². The number of pyridine rings is 1. The summed E-state index contributed by atoms with van der Waals surface area (Å²) in [7, 11) is 0. The summed E-state index contributed by atoms with van der Waals surface area (Å²) in [6, 6.07) is 13.0. The maximum Gasteiger partial charge on any atom is 0.234 e. The van der Waals surface area contributed by atoms with Gasteiger partial charge in [0.2, 0.25) is 5.91 Å². The highest BCUT2D eigenvalue weighted by molar-refractivity contribution is 7.80. The molecule has 2 rings (SSSR count). The van der Waals surface area contributed by atoms with Crippen LogP contribution < -0.4 is 11.1 Å². The van der Waals surface area contributed by atoms with E-state index in [0.29, 0.717) is 6.54 Å². The monoisotopic (exact) mass is 285 g/mol. The summed E-state index contributed by atoms with van der Waals surface area (Å²) in [6.07, 6.45) is 3.37. The topological polar surface area (TPSA) is 68.0 Å². The van der Waals surface area contributed by atoms with E-state index in [9.17, 15) is 4.79 Å². The molecule has 0 aliphatic rings. The lowest BCUT2D eigenvalue weighted by Crippen LogP contribution is -2.35. The molecule has 1 heterocycles. The van der Waals surface area contributed by atoms with Crippen molar-refractivity contribution in [1.29, 1.82) is 0 Å². The molecule has 2 aromatic rings. The van der Waals surface area contributed by atoms with Gasteiger partial charge in [-0.05, 0) is 23.3 Å². The van der Waals surface area contributed by atoms with Crippen LogP contribution in [0.5, 0.6) is 0 Å². The number of carbonyl (C=O) groups excluding carboxylic acids is 1. The average molecular weight is 285 g/mol. The van der Waals surface area contributed by atoms with Crippen LogP contribution in [0.4, 0.5) is 0 Å². The number of aromatic nitrogens is 1. The van der Waals surface area contributed by atoms with Crippen molar-refractivity contribution in [3.8, 4) is 0 Å². The molecule has 0 aliphatic heterocycles. The van der Waals surface area contributed by atoms with E-state index >= 15 is 0 Å². The van der Waals surface area contributed by atoms with Gasteiger partial charge < -0.3 is 11.1 Å². The smallest absolute Gasteiger partial charge is 0.234 e. The van der Waals surface area contributed by atoms with E-state index in [4.69, 9.17) is 18.0 Å². The van der Waals surface area contributed by atoms with Gasteiger partial charge >= 0.3 is 0 Å². The molecule has 1 aromatic heterocycles. The van der Waals surface area contributed by atoms with Gasteiger partial charge in [0.15, 0.2) is 0 Å². The van der Waals surface area contributed by atoms with Gasteiger partial charge in [-0.3, -0.25) is 9.78 Å². The first-order chi connectivity index (χ1) is 9.68. The first-order valence-corrected chi connectivity index (χ1v) is 6.60. The molecule has 102 valence electrons. The number of nitrogens with zero attached hydrogens (tertiary/aromatic N) is 1. The Kier molecular flexibility index (Phi) is 4.79. The number of thiocarbonyl (C=S) groups is 1. The third-order valence-corrected chi connectivity index (χ3v) is 3.13. The predicted molar refractivity (Wildman–Crippen MR) is 82.1 cm³/mol. The Bertz CT molecular complexity index is 587. The predicted octanol–water partition coefficient (Wildman–Crippen LogP) is 1.77. The first kappa shape index (κ1) is 14.1. The lowest BCUT2D eigenvalue weighted by Gasteiger charge is -2.16. The van der Waals surface area contributed by atoms with Gasteiger partial charge in [-0.25, -0.2) is 0 Å². The van der Waals surface area contributed by atoms with Crippen molar-refractivity contribution in [3.05, 3.63) is 66.0 Å². The van der Waals surface area contributed by atoms with E-state index in [2.05, 4.69) is 10.3 Å². The number of nitrogens with one attached hydrogen (secondary N) is 1. The molecule has 20 heavy (non-hydrogen) atoms. The van der Waals surface area contributed by atoms with E-state index in [0.717, 1.165) is 11.1 Å². The minimum atomic E-state index is -0.604. The Hall–Kier alpha value is -2.27. The van der Waals surface area contributed by atoms with Crippen molar-refractivity contribution in [1.82, 2.24) is 10.3 Å². The van der Waals surface area contributed by atoms with Crippen LogP contribution in [0.15, 0.2) is 54.9 Å². The zero-order valence-electron chi connectivity index (χ0n) is 10.8. The average Bonchev–Trinajstić information content (AvgIpc) is 2.47. The number of carbonyl (C=O) groups is 1. The summed E-state index contributed by atoms with van der Waals surface area (Å²) in [5, 5.41) is 2.84. The van der Waals surface area contributed by atoms with Crippen LogP contribution >= 0.6 is 12.2 Å². The van der Waals surface area contributed by atoms with Crippen molar-refractivity contribution in [2.24, 2.45) is 5.73 Å². The molecule has 0 fully saturated rings. The molecular weight excluding hydrogens is 270 g/mol. The summed E-state index contributed by atoms with van der Waals surface area (Å²) in [4.78, 5) is 16.4. The Morgan fingerprint density at radius 1 is 1.20 bits per heavy atom. The molecule has 1 unspecified atom stereocenters. The number of hydrogen-bond donors (Lipinski definition) is 2. The third-order valence-electron chi connectivity index (χ3n) is 2.90. The highest BCUT2D eigenvalue weighted by Crippen LogP contribution is 2.16. The van der Waals surface area contributed by atoms with Gasteiger partial charge in [-0.1, -0.05) is 42.5 Å². The molecule has 5 heteroatoms. The third kappa shape index (κ3) is 3.61. The van der Waals surface area contributed by atoms with Gasteiger partial charge in [-0.2, -0.15) is 0 Å². The van der Waals surface area contributed by atoms with Crippen molar-refractivity contribution in [3.63, 3.8) is 0 Å². The molecule has 4 nitrogen and oxygen atoms in total. The SMILES string of the molecule is NC(=S)C(C(=O)NCc1ccncc1)c1ccccc1. The molecule has 1 atom stereocenters. The fourth-order valence-electron chi connectivity index (χ4n) is 1.88. The van der Waals surface area contributed by atoms with Crippen molar-refractivity contribution < 1.29 is 4.79 Å². The molecule has 0 spiro atoms. The first-order valence-electron chi connectivity index (χ1n) is 6.19. The van der Waals surface area contributed by atoms with E-state index in [1.807, 2.05) is 42.5 Å². The summed E-state index contributed by atoms with van der Waals surface area (Å²) in [6.45, 7) is 0.424. The zero-order valence-corrected chi connectivity index (χ0v) is 11.6. The van der Waals surface area contributed by atoms with E-state index in [1.165, 1.54) is 0 Å². The second-order valence-electron chi connectivity index (χ2n) is 4.32. The van der Waals surface area contributed by atoms with Crippen LogP contribution in [0.2, 0.25) is 0 Å². The highest BCUT2D eigenvalue weighted by atomic mass is 32.1. The Morgan fingerprint density at radius 3 is 2.45 bits per heavy atom. The minimum absolute atomic E-state index is 0.170. The number of hydrogen-bond acceptors (Lipinski definition) is 3. The quantitative estimate of drug-likeness (QED) is 0.822. The van der Waals surface area contributed by atoms with E-state index in [-0.39, 0.29) is 10.9 Å². The molecule has 0 saturated carbocycles. The van der Waals surface area contributed by atoms with Crippen LogP contribution in [-0.4, -0.2) is 15.9 Å². The molecular formula is C15H15N3OS. The Balaban J connectivity index is 2.07. The highest BCUT2D eigenvalue weighted by Gasteiger charge is 2.22. The molecule has 0 aliphatic carbocycles. The van der Waals surface area contributed by atoms with E-state index < -0.39 is 5.92 Å². The van der Waals surface area contributed by atoms with Crippen molar-refractivity contribution >= 4 is 23.1 Å². The molecule has 0 saturated heterocycles. The standard InChI is InChI=1S/C15H15N3OS/c16-14(20)13(12-4-2-1-3-5-12)15(19)18-10-11-6-8-17-9-7-11/h1-9,13H,10H2,(H2,16,20)(H,18,19). The summed E-state index contributed by atoms with van der Waals surface area (Å²) >= 11 is 5.01. The van der Waals surface area contributed by atoms with Gasteiger partial charge in [0.25, 0.3) is 0 Å². The minimum Gasteiger partial charge on any atom is -0.392 e. The maximum atomic E-state index is 12.3. The number of benzene rings is 1. The van der Waals surface area contributed by atoms with Crippen LogP contribution in [-0.2, 0) is 11.3 Å². The van der Waals surface area contributed by atoms with Crippen LogP contribution in [0.1, 0.15) is 17.0 Å². The summed E-state index contributed by atoms with van der Waals surface area (Å²) < 4.78 is 0. The second-order valence-corrected chi connectivity index (χ2v) is 4.79. The van der Waals surface area contributed by atoms with Gasteiger partial charge in [0.05, 0.1) is 4.99 Å². The summed E-state index contributed by atoms with van der Waals surface area (Å²) in [5.74, 6) is -0.798. The maximum absolute atomic E-state index is 12.3. The molecule has 1 aromatic carbocycles. The van der Waals surface area contributed by atoms with Crippen LogP contribution in [0.25, 0.3) is 0 Å². The fraction of sp³-hybridized carbons (Fsp3) is 0.133.